The van der Waals surface area contributed by atoms with Gasteiger partial charge in [0.2, 0.25) is 0 Å². The normalized spacial score (nSPS) is 14.6. The van der Waals surface area contributed by atoms with Gasteiger partial charge in [0.15, 0.2) is 12.2 Å². The molecule has 4 unspecified atom stereocenters. The van der Waals surface area contributed by atoms with Crippen LogP contribution in [-0.4, -0.2) is 96.7 Å². The van der Waals surface area contributed by atoms with Gasteiger partial charge in [0, 0.05) is 25.7 Å². The molecular formula is C78H152O17P2. The molecule has 576 valence electrons. The van der Waals surface area contributed by atoms with Crippen molar-refractivity contribution in [3.8, 4) is 0 Å². The van der Waals surface area contributed by atoms with E-state index >= 15 is 0 Å². The number of hydrogen-bond donors (Lipinski definition) is 3. The highest BCUT2D eigenvalue weighted by Crippen LogP contribution is 2.45. The molecular weight excluding hydrogens is 1270 g/mol. The van der Waals surface area contributed by atoms with Crippen LogP contribution in [-0.2, 0) is 65.4 Å². The fraction of sp³-hybridized carbons (Fsp3) is 0.949. The lowest BCUT2D eigenvalue weighted by atomic mass is 10.00. The first-order valence-corrected chi connectivity index (χ1v) is 43.3. The molecule has 0 aromatic heterocycles. The van der Waals surface area contributed by atoms with Crippen molar-refractivity contribution >= 4 is 39.5 Å². The zero-order valence-corrected chi connectivity index (χ0v) is 65.5. The predicted molar refractivity (Wildman–Crippen MR) is 395 cm³/mol. The highest BCUT2D eigenvalue weighted by atomic mass is 31.2. The van der Waals surface area contributed by atoms with Gasteiger partial charge in [-0.2, -0.15) is 0 Å². The Hall–Kier alpha value is -1.94. The molecule has 0 aliphatic rings. The maximum Gasteiger partial charge on any atom is 0.472 e. The summed E-state index contributed by atoms with van der Waals surface area (Å²) in [6, 6.07) is 0. The molecule has 0 aromatic rings. The van der Waals surface area contributed by atoms with E-state index in [9.17, 15) is 43.2 Å². The van der Waals surface area contributed by atoms with Gasteiger partial charge in [0.05, 0.1) is 26.4 Å². The second kappa shape index (κ2) is 67.2. The third-order valence-corrected chi connectivity index (χ3v) is 20.7. The maximum atomic E-state index is 13.1. The lowest BCUT2D eigenvalue weighted by Crippen LogP contribution is -2.30. The Kier molecular flexibility index (Phi) is 65.9. The molecule has 97 heavy (non-hydrogen) atoms. The molecule has 0 heterocycles. The van der Waals surface area contributed by atoms with Gasteiger partial charge >= 0.3 is 39.5 Å². The van der Waals surface area contributed by atoms with Crippen molar-refractivity contribution in [1.82, 2.24) is 0 Å². The van der Waals surface area contributed by atoms with Gasteiger partial charge in [-0.3, -0.25) is 37.3 Å². The summed E-state index contributed by atoms with van der Waals surface area (Å²) in [5, 5.41) is 10.6. The van der Waals surface area contributed by atoms with E-state index in [0.717, 1.165) is 120 Å². The monoisotopic (exact) mass is 1420 g/mol. The number of phosphoric ester groups is 2. The minimum Gasteiger partial charge on any atom is -0.462 e. The molecule has 0 fully saturated rings. The zero-order chi connectivity index (χ0) is 71.7. The van der Waals surface area contributed by atoms with Gasteiger partial charge in [0.25, 0.3) is 0 Å². The number of unbranched alkanes of at least 4 members (excludes halogenated alkanes) is 39. The van der Waals surface area contributed by atoms with Crippen molar-refractivity contribution in [3.05, 3.63) is 0 Å². The Bertz CT molecular complexity index is 1910. The molecule has 0 bridgehead atoms. The fourth-order valence-corrected chi connectivity index (χ4v) is 13.4. The van der Waals surface area contributed by atoms with Gasteiger partial charge in [-0.1, -0.05) is 344 Å². The SMILES string of the molecule is CCC(C)CCCCCCCCC(=O)OC[C@H](COP(=O)(O)OC[C@H](O)COP(=O)(O)OC[C@@H](COC(=O)CCCCCCCCCCCCCCCC(C)C)OC(=O)CCCCCCCCC(C)CC)OC(=O)CCCCCCCCCCCCCCCCCCCCC(C)C. The van der Waals surface area contributed by atoms with Gasteiger partial charge in [-0.05, 0) is 49.4 Å². The van der Waals surface area contributed by atoms with Crippen LogP contribution in [0.3, 0.4) is 0 Å². The Morgan fingerprint density at radius 3 is 0.732 bits per heavy atom. The van der Waals surface area contributed by atoms with Crippen LogP contribution < -0.4 is 0 Å². The van der Waals surface area contributed by atoms with Crippen molar-refractivity contribution in [2.45, 2.75) is 414 Å². The van der Waals surface area contributed by atoms with Gasteiger partial charge in [-0.25, -0.2) is 9.13 Å². The molecule has 0 aromatic carbocycles. The first-order valence-electron chi connectivity index (χ1n) is 40.3. The molecule has 0 amide bonds. The summed E-state index contributed by atoms with van der Waals surface area (Å²) in [7, 11) is -9.91. The number of ether oxygens (including phenoxy) is 4. The van der Waals surface area contributed by atoms with Gasteiger partial charge < -0.3 is 33.8 Å². The Balaban J connectivity index is 5.17. The fourth-order valence-electron chi connectivity index (χ4n) is 11.8. The number of rotatable bonds is 75. The van der Waals surface area contributed by atoms with Crippen molar-refractivity contribution in [3.63, 3.8) is 0 Å². The summed E-state index contributed by atoms with van der Waals surface area (Å²) in [5.41, 5.74) is 0. The van der Waals surface area contributed by atoms with Crippen molar-refractivity contribution in [2.24, 2.45) is 23.7 Å². The molecule has 0 rings (SSSR count). The zero-order valence-electron chi connectivity index (χ0n) is 63.7. The summed E-state index contributed by atoms with van der Waals surface area (Å²) in [4.78, 5) is 72.8. The number of carbonyl (C=O) groups is 4. The molecule has 0 aliphatic carbocycles. The van der Waals surface area contributed by atoms with Crippen molar-refractivity contribution in [2.75, 3.05) is 39.6 Å². The van der Waals surface area contributed by atoms with E-state index in [1.165, 1.54) is 193 Å². The number of esters is 4. The molecule has 0 saturated heterocycles. The average molecular weight is 1420 g/mol. The van der Waals surface area contributed by atoms with Crippen LogP contribution in [0.4, 0.5) is 0 Å². The van der Waals surface area contributed by atoms with Crippen LogP contribution >= 0.6 is 15.6 Å². The number of aliphatic hydroxyl groups is 1. The third-order valence-electron chi connectivity index (χ3n) is 18.8. The molecule has 3 N–H and O–H groups in total. The van der Waals surface area contributed by atoms with Gasteiger partial charge in [0.1, 0.15) is 19.3 Å². The summed E-state index contributed by atoms with van der Waals surface area (Å²) >= 11 is 0. The number of carbonyl (C=O) groups excluding carboxylic acids is 4. The van der Waals surface area contributed by atoms with Crippen LogP contribution in [0, 0.1) is 23.7 Å². The molecule has 0 aliphatic heterocycles. The van der Waals surface area contributed by atoms with Gasteiger partial charge in [-0.15, -0.1) is 0 Å². The Morgan fingerprint density at radius 1 is 0.289 bits per heavy atom. The minimum atomic E-state index is -4.96. The molecule has 0 radical (unpaired) electrons. The van der Waals surface area contributed by atoms with E-state index in [2.05, 4.69) is 55.4 Å². The predicted octanol–water partition coefficient (Wildman–Crippen LogP) is 22.8. The average Bonchev–Trinajstić information content (AvgIpc) is 1.23. The Morgan fingerprint density at radius 2 is 0.495 bits per heavy atom. The lowest BCUT2D eigenvalue weighted by Gasteiger charge is -2.21. The van der Waals surface area contributed by atoms with Crippen LogP contribution in [0.5, 0.6) is 0 Å². The van der Waals surface area contributed by atoms with Crippen LogP contribution in [0.1, 0.15) is 396 Å². The van der Waals surface area contributed by atoms with E-state index in [0.29, 0.717) is 25.7 Å². The third kappa shape index (κ3) is 69.5. The van der Waals surface area contributed by atoms with Crippen molar-refractivity contribution < 1.29 is 80.2 Å². The van der Waals surface area contributed by atoms with E-state index in [-0.39, 0.29) is 25.7 Å². The number of aliphatic hydroxyl groups excluding tert-OH is 1. The van der Waals surface area contributed by atoms with E-state index in [4.69, 9.17) is 37.0 Å². The minimum absolute atomic E-state index is 0.103. The number of phosphoric acid groups is 2. The first kappa shape index (κ1) is 95.1. The van der Waals surface area contributed by atoms with Crippen LogP contribution in [0.2, 0.25) is 0 Å². The largest absolute Gasteiger partial charge is 0.472 e. The van der Waals surface area contributed by atoms with E-state index in [1.807, 2.05) is 0 Å². The van der Waals surface area contributed by atoms with Crippen molar-refractivity contribution in [1.29, 1.82) is 0 Å². The maximum absolute atomic E-state index is 13.1. The molecule has 17 nitrogen and oxygen atoms in total. The molecule has 0 saturated carbocycles. The van der Waals surface area contributed by atoms with E-state index in [1.54, 1.807) is 0 Å². The lowest BCUT2D eigenvalue weighted by molar-refractivity contribution is -0.161. The van der Waals surface area contributed by atoms with Crippen LogP contribution in [0.15, 0.2) is 0 Å². The summed E-state index contributed by atoms with van der Waals surface area (Å²) in [6.45, 7) is 14.2. The van der Waals surface area contributed by atoms with E-state index < -0.39 is 97.5 Å². The standard InChI is InChI=1S/C78H152O17P2/c1-9-70(7)56-48-40-34-36-43-51-59-76(81)89-65-73(94-77(82)60-52-44-33-29-25-20-16-14-12-11-13-15-18-22-26-30-38-46-54-68(3)4)66-92-96(84,85)90-62-72(79)63-91-97(86,87)93-67-74(95-78(83)61-53-45-37-35-41-49-57-71(8)10-2)64-88-75(80)58-50-42-32-28-24-21-17-19-23-27-31-39-47-55-69(5)6/h68-74,79H,9-67H2,1-8H3,(H,84,85)(H,86,87)/t70?,71?,72-,73+,74+/m0/s1. The number of hydrogen-bond acceptors (Lipinski definition) is 15. The molecule has 19 heteroatoms. The topological polar surface area (TPSA) is 237 Å². The summed E-state index contributed by atoms with van der Waals surface area (Å²) in [5.74, 6) is 0.939. The van der Waals surface area contributed by atoms with Crippen LogP contribution in [0.25, 0.3) is 0 Å². The summed E-state index contributed by atoms with van der Waals surface area (Å²) in [6.07, 6.45) is 52.9. The smallest absolute Gasteiger partial charge is 0.462 e. The second-order valence-corrected chi connectivity index (χ2v) is 32.4. The molecule has 7 atom stereocenters. The Labute approximate surface area is 594 Å². The quantitative estimate of drug-likeness (QED) is 0.0222. The molecule has 0 spiro atoms. The first-order chi connectivity index (χ1) is 46.7. The second-order valence-electron chi connectivity index (χ2n) is 29.5. The summed E-state index contributed by atoms with van der Waals surface area (Å²) < 4.78 is 68.5. The highest BCUT2D eigenvalue weighted by Gasteiger charge is 2.30. The highest BCUT2D eigenvalue weighted by molar-refractivity contribution is 7.47.